The minimum atomic E-state index is -6.93. The third-order valence-corrected chi connectivity index (χ3v) is 2.42. The van der Waals surface area contributed by atoms with Crippen LogP contribution in [0.4, 0.5) is 39.5 Å². The molecule has 0 spiro atoms. The van der Waals surface area contributed by atoms with Crippen molar-refractivity contribution in [1.82, 2.24) is 0 Å². The van der Waals surface area contributed by atoms with E-state index in [2.05, 4.69) is 8.37 Å². The quantitative estimate of drug-likeness (QED) is 0.744. The molecule has 0 bridgehead atoms. The predicted octanol–water partition coefficient (Wildman–Crippen LogP) is 3.04. The number of rotatable bonds is 4. The van der Waals surface area contributed by atoms with Gasteiger partial charge in [-0.1, -0.05) is 0 Å². The normalized spacial score (nSPS) is 16.5. The summed E-state index contributed by atoms with van der Waals surface area (Å²) in [5.41, 5.74) is -6.59. The summed E-state index contributed by atoms with van der Waals surface area (Å²) in [6, 6.07) is 0. The number of halogens is 9. The van der Waals surface area contributed by atoms with E-state index in [0.29, 0.717) is 0 Å². The van der Waals surface area contributed by atoms with Gasteiger partial charge in [-0.15, -0.1) is 0 Å². The maximum atomic E-state index is 12.2. The molecule has 0 heterocycles. The van der Waals surface area contributed by atoms with E-state index in [1.54, 1.807) is 0 Å². The lowest BCUT2D eigenvalue weighted by molar-refractivity contribution is -0.436. The fraction of sp³-hybridized carbons (Fsp3) is 1.00. The van der Waals surface area contributed by atoms with E-state index in [9.17, 15) is 43.7 Å². The molecule has 0 amide bonds. The van der Waals surface area contributed by atoms with Gasteiger partial charge in [0.25, 0.3) is 0 Å². The molecule has 0 aliphatic carbocycles. The second-order valence-electron chi connectivity index (χ2n) is 2.87. The van der Waals surface area contributed by atoms with Crippen molar-refractivity contribution in [1.29, 1.82) is 0 Å². The van der Waals surface area contributed by atoms with Crippen molar-refractivity contribution in [2.24, 2.45) is 0 Å². The van der Waals surface area contributed by atoms with Gasteiger partial charge in [0.2, 0.25) is 0 Å². The molecule has 1 unspecified atom stereocenters. The minimum Gasteiger partial charge on any atom is -0.269 e. The molecule has 0 aromatic rings. The molecular weight excluding hydrogens is 323 g/mol. The number of hydrogen-bond acceptors (Lipinski definition) is 3. The van der Waals surface area contributed by atoms with Gasteiger partial charge in [0.05, 0.1) is 6.61 Å². The van der Waals surface area contributed by atoms with Gasteiger partial charge < -0.3 is 0 Å². The fourth-order valence-electron chi connectivity index (χ4n) is 0.846. The van der Waals surface area contributed by atoms with E-state index in [1.165, 1.54) is 0 Å². The molecule has 0 aliphatic rings. The molecule has 3 nitrogen and oxygen atoms in total. The highest BCUT2D eigenvalue weighted by Gasteiger charge is 2.86. The van der Waals surface area contributed by atoms with E-state index in [0.717, 1.165) is 6.92 Å². The Morgan fingerprint density at radius 2 is 1.16 bits per heavy atom. The molecule has 0 fully saturated rings. The predicted molar refractivity (Wildman–Crippen MR) is 41.7 cm³/mol. The molecule has 0 aromatic heterocycles. The summed E-state index contributed by atoms with van der Waals surface area (Å²) in [7, 11) is 0. The highest BCUT2D eigenvalue weighted by Crippen LogP contribution is 2.55. The second-order valence-corrected chi connectivity index (χ2v) is 3.68. The van der Waals surface area contributed by atoms with Crippen LogP contribution >= 0.6 is 0 Å². The number of alkyl halides is 9. The first-order chi connectivity index (χ1) is 8.20. The molecule has 0 aliphatic heterocycles. The third kappa shape index (κ3) is 3.51. The molecule has 0 N–H and O–H groups in total. The fourth-order valence-corrected chi connectivity index (χ4v) is 1.57. The summed E-state index contributed by atoms with van der Waals surface area (Å²) >= 11 is -3.89. The minimum absolute atomic E-state index is 0.726. The van der Waals surface area contributed by atoms with Gasteiger partial charge in [-0.2, -0.15) is 43.7 Å². The summed E-state index contributed by atoms with van der Waals surface area (Å²) in [6.07, 6.45) is -20.8. The Balaban J connectivity index is 5.90. The Morgan fingerprint density at radius 1 is 0.842 bits per heavy atom. The first kappa shape index (κ1) is 18.4. The van der Waals surface area contributed by atoms with Gasteiger partial charge in [-0.05, 0) is 6.92 Å². The largest absolute Gasteiger partial charge is 0.437 e. The maximum Gasteiger partial charge on any atom is 0.437 e. The topological polar surface area (TPSA) is 35.5 Å². The zero-order valence-electron chi connectivity index (χ0n) is 8.74. The van der Waals surface area contributed by atoms with Crippen molar-refractivity contribution in [3.63, 3.8) is 0 Å². The van der Waals surface area contributed by atoms with Gasteiger partial charge in [-0.3, -0.25) is 4.18 Å². The Kier molecular flexibility index (Phi) is 5.28. The highest BCUT2D eigenvalue weighted by atomic mass is 32.2. The van der Waals surface area contributed by atoms with Crippen LogP contribution in [0.1, 0.15) is 6.92 Å². The van der Waals surface area contributed by atoms with Gasteiger partial charge in [0.15, 0.2) is 0 Å². The monoisotopic (exact) mass is 328 g/mol. The Hall–Kier alpha value is -0.560. The third-order valence-electron chi connectivity index (χ3n) is 1.60. The van der Waals surface area contributed by atoms with E-state index in [4.69, 9.17) is 0 Å². The lowest BCUT2D eigenvalue weighted by atomic mass is 10.0. The van der Waals surface area contributed by atoms with Crippen LogP contribution in [0.3, 0.4) is 0 Å². The van der Waals surface area contributed by atoms with Gasteiger partial charge >= 0.3 is 35.5 Å². The Bertz CT molecular complexity index is 294. The van der Waals surface area contributed by atoms with Gasteiger partial charge in [0.1, 0.15) is 0 Å². The standard InChI is InChI=1S/C6H5F9O3S/c1-2-17-19(16)18-3(4(7,8)9,5(10,11)12)6(13,14)15/h2H2,1H3. The highest BCUT2D eigenvalue weighted by molar-refractivity contribution is 7.75. The van der Waals surface area contributed by atoms with E-state index < -0.39 is 42.1 Å². The van der Waals surface area contributed by atoms with Crippen LogP contribution in [0.15, 0.2) is 0 Å². The van der Waals surface area contributed by atoms with Crippen molar-refractivity contribution in [3.05, 3.63) is 0 Å². The van der Waals surface area contributed by atoms with Crippen LogP contribution < -0.4 is 0 Å². The van der Waals surface area contributed by atoms with Crippen LogP contribution in [0, 0.1) is 0 Å². The summed E-state index contributed by atoms with van der Waals surface area (Å²) in [5, 5.41) is 0. The summed E-state index contributed by atoms with van der Waals surface area (Å²) in [4.78, 5) is 0. The van der Waals surface area contributed by atoms with E-state index >= 15 is 0 Å². The molecule has 0 radical (unpaired) electrons. The van der Waals surface area contributed by atoms with Crippen molar-refractivity contribution in [2.45, 2.75) is 31.1 Å². The van der Waals surface area contributed by atoms with Crippen LogP contribution in [-0.4, -0.2) is 34.9 Å². The molecule has 0 saturated carbocycles. The van der Waals surface area contributed by atoms with E-state index in [1.807, 2.05) is 0 Å². The molecule has 0 rings (SSSR count). The maximum absolute atomic E-state index is 12.2. The molecule has 0 saturated heterocycles. The first-order valence-electron chi connectivity index (χ1n) is 4.15. The number of hydrogen-bond donors (Lipinski definition) is 0. The van der Waals surface area contributed by atoms with Crippen LogP contribution in [-0.2, 0) is 19.7 Å². The van der Waals surface area contributed by atoms with Crippen molar-refractivity contribution >= 4 is 11.4 Å². The second kappa shape index (κ2) is 5.44. The van der Waals surface area contributed by atoms with Crippen LogP contribution in [0.5, 0.6) is 0 Å². The SMILES string of the molecule is CCOS(=O)OC(C(F)(F)F)(C(F)(F)F)C(F)(F)F. The average molecular weight is 328 g/mol. The summed E-state index contributed by atoms with van der Waals surface area (Å²) in [6.45, 7) is 0.244. The molecule has 1 atom stereocenters. The molecule has 0 aromatic carbocycles. The van der Waals surface area contributed by atoms with Crippen molar-refractivity contribution < 1.29 is 52.1 Å². The van der Waals surface area contributed by atoms with Gasteiger partial charge in [-0.25, -0.2) is 4.18 Å². The lowest BCUT2D eigenvalue weighted by Crippen LogP contribution is -2.67. The van der Waals surface area contributed by atoms with Gasteiger partial charge in [0, 0.05) is 0 Å². The summed E-state index contributed by atoms with van der Waals surface area (Å²) in [5.74, 6) is 0. The van der Waals surface area contributed by atoms with Crippen LogP contribution in [0.25, 0.3) is 0 Å². The molecule has 13 heteroatoms. The zero-order valence-corrected chi connectivity index (χ0v) is 9.56. The first-order valence-corrected chi connectivity index (χ1v) is 5.15. The molecular formula is C6H5F9O3S. The van der Waals surface area contributed by atoms with Crippen molar-refractivity contribution in [3.8, 4) is 0 Å². The molecule has 19 heavy (non-hydrogen) atoms. The van der Waals surface area contributed by atoms with E-state index in [-0.39, 0.29) is 0 Å². The molecule has 116 valence electrons. The lowest BCUT2D eigenvalue weighted by Gasteiger charge is -2.36. The Labute approximate surface area is 102 Å². The van der Waals surface area contributed by atoms with Crippen LogP contribution in [0.2, 0.25) is 0 Å². The summed E-state index contributed by atoms with van der Waals surface area (Å²) < 4.78 is 127. The van der Waals surface area contributed by atoms with Crippen molar-refractivity contribution in [2.75, 3.05) is 6.61 Å². The average Bonchev–Trinajstić information content (AvgIpc) is 2.08. The zero-order chi connectivity index (χ0) is 15.7. The smallest absolute Gasteiger partial charge is 0.269 e. The Morgan fingerprint density at radius 3 is 1.37 bits per heavy atom.